The number of allylic oxidation sites excluding steroid dienone is 2. The molecule has 0 atom stereocenters. The number of hydrogen-bond acceptors (Lipinski definition) is 7. The van der Waals surface area contributed by atoms with Crippen molar-refractivity contribution in [1.82, 2.24) is 24.8 Å². The highest BCUT2D eigenvalue weighted by molar-refractivity contribution is 5.88. The predicted molar refractivity (Wildman–Crippen MR) is 117 cm³/mol. The molecule has 3 aromatic rings. The number of nitrogens with two attached hydrogens (primary N) is 1. The van der Waals surface area contributed by atoms with E-state index in [0.29, 0.717) is 17.0 Å². The standard InChI is InChI=1S/C17H19NO3.C5H5N5/c19-17(18-10-4-1-5-11-18)7-3-2-6-14-8-9-15-16(12-14)21-13-20-15;6-4-3-5(9-1-7-3)10-2-8-4/h2-3,6-9,12H,1,4-5,10-11,13H2;1-2H,(H3,6,7,8,9,10). The smallest absolute Gasteiger partial charge is 0.246 e. The average Bonchev–Trinajstić information content (AvgIpc) is 3.47. The number of likely N-dealkylation sites (tertiary alicyclic amines) is 1. The Balaban J connectivity index is 0.000000192. The van der Waals surface area contributed by atoms with Gasteiger partial charge in [-0.25, -0.2) is 15.0 Å². The van der Waals surface area contributed by atoms with Gasteiger partial charge >= 0.3 is 0 Å². The third kappa shape index (κ3) is 5.19. The van der Waals surface area contributed by atoms with Crippen molar-refractivity contribution in [3.63, 3.8) is 0 Å². The van der Waals surface area contributed by atoms with Crippen LogP contribution in [0.25, 0.3) is 17.2 Å². The van der Waals surface area contributed by atoms with Crippen LogP contribution < -0.4 is 15.2 Å². The molecule has 3 N–H and O–H groups in total. The van der Waals surface area contributed by atoms with E-state index in [9.17, 15) is 4.79 Å². The van der Waals surface area contributed by atoms with E-state index < -0.39 is 0 Å². The number of piperidine rings is 1. The summed E-state index contributed by atoms with van der Waals surface area (Å²) >= 11 is 0. The number of rotatable bonds is 3. The highest BCUT2D eigenvalue weighted by atomic mass is 16.7. The van der Waals surface area contributed by atoms with E-state index in [1.165, 1.54) is 19.1 Å². The number of hydrogen-bond donors (Lipinski definition) is 2. The van der Waals surface area contributed by atoms with Crippen molar-refractivity contribution in [3.05, 3.63) is 54.6 Å². The Hall–Kier alpha value is -3.88. The van der Waals surface area contributed by atoms with Crippen LogP contribution in [0.1, 0.15) is 24.8 Å². The molecular weight excluding hydrogens is 396 g/mol. The molecular formula is C22H24N6O3. The van der Waals surface area contributed by atoms with Gasteiger partial charge in [0.05, 0.1) is 6.33 Å². The van der Waals surface area contributed by atoms with Crippen molar-refractivity contribution in [2.24, 2.45) is 0 Å². The molecule has 0 spiro atoms. The lowest BCUT2D eigenvalue weighted by atomic mass is 10.1. The molecule has 9 heteroatoms. The van der Waals surface area contributed by atoms with Crippen LogP contribution in [0.4, 0.5) is 5.82 Å². The van der Waals surface area contributed by atoms with Crippen LogP contribution in [0.2, 0.25) is 0 Å². The Morgan fingerprint density at radius 3 is 2.74 bits per heavy atom. The van der Waals surface area contributed by atoms with Gasteiger partial charge in [0.15, 0.2) is 23.0 Å². The Bertz CT molecular complexity index is 1100. The van der Waals surface area contributed by atoms with Crippen LogP contribution in [0.15, 0.2) is 49.1 Å². The summed E-state index contributed by atoms with van der Waals surface area (Å²) in [7, 11) is 0. The van der Waals surface area contributed by atoms with Gasteiger partial charge in [-0.3, -0.25) is 4.79 Å². The lowest BCUT2D eigenvalue weighted by Gasteiger charge is -2.25. The molecule has 0 saturated carbocycles. The molecule has 5 rings (SSSR count). The van der Waals surface area contributed by atoms with E-state index in [0.717, 1.165) is 43.0 Å². The Morgan fingerprint density at radius 2 is 1.90 bits per heavy atom. The zero-order valence-electron chi connectivity index (χ0n) is 17.0. The number of nitrogens with zero attached hydrogens (tertiary/aromatic N) is 4. The van der Waals surface area contributed by atoms with Gasteiger partial charge in [0.1, 0.15) is 11.8 Å². The van der Waals surface area contributed by atoms with Crippen molar-refractivity contribution in [1.29, 1.82) is 0 Å². The maximum Gasteiger partial charge on any atom is 0.246 e. The summed E-state index contributed by atoms with van der Waals surface area (Å²) in [6, 6.07) is 5.79. The van der Waals surface area contributed by atoms with Crippen LogP contribution in [0.5, 0.6) is 11.5 Å². The van der Waals surface area contributed by atoms with Gasteiger partial charge in [-0.2, -0.15) is 0 Å². The van der Waals surface area contributed by atoms with Crippen molar-refractivity contribution in [2.45, 2.75) is 19.3 Å². The molecule has 1 aromatic carbocycles. The van der Waals surface area contributed by atoms with Gasteiger partial charge in [-0.1, -0.05) is 24.3 Å². The molecule has 1 amide bonds. The molecule has 9 nitrogen and oxygen atoms in total. The van der Waals surface area contributed by atoms with Gasteiger partial charge in [0, 0.05) is 19.2 Å². The van der Waals surface area contributed by atoms with Crippen molar-refractivity contribution in [3.8, 4) is 11.5 Å². The molecule has 1 fully saturated rings. The van der Waals surface area contributed by atoms with Crippen LogP contribution in [0, 0.1) is 0 Å². The molecule has 0 aliphatic carbocycles. The van der Waals surface area contributed by atoms with E-state index in [2.05, 4.69) is 19.9 Å². The number of nitrogens with one attached hydrogen (secondary N) is 1. The van der Waals surface area contributed by atoms with Crippen LogP contribution >= 0.6 is 0 Å². The number of fused-ring (bicyclic) bond motifs is 2. The predicted octanol–water partition coefficient (Wildman–Crippen LogP) is 2.93. The summed E-state index contributed by atoms with van der Waals surface area (Å²) < 4.78 is 10.6. The summed E-state index contributed by atoms with van der Waals surface area (Å²) in [5.41, 5.74) is 7.80. The normalized spacial score (nSPS) is 15.4. The number of imidazole rings is 1. The minimum absolute atomic E-state index is 0.102. The van der Waals surface area contributed by atoms with Gasteiger partial charge in [0.2, 0.25) is 12.7 Å². The number of benzene rings is 1. The lowest BCUT2D eigenvalue weighted by Crippen LogP contribution is -2.34. The lowest BCUT2D eigenvalue weighted by molar-refractivity contribution is -0.126. The van der Waals surface area contributed by atoms with E-state index in [1.54, 1.807) is 12.2 Å². The average molecular weight is 420 g/mol. The van der Waals surface area contributed by atoms with Crippen molar-refractivity contribution >= 4 is 29.0 Å². The fraction of sp³-hybridized carbons (Fsp3) is 0.273. The second kappa shape index (κ2) is 9.75. The molecule has 2 aliphatic rings. The number of nitrogen functional groups attached to an aromatic ring is 1. The molecule has 2 aromatic heterocycles. The zero-order valence-corrected chi connectivity index (χ0v) is 17.0. The van der Waals surface area contributed by atoms with E-state index in [1.807, 2.05) is 35.3 Å². The number of H-pyrrole nitrogens is 1. The number of carbonyl (C=O) groups excluding carboxylic acids is 1. The van der Waals surface area contributed by atoms with Gasteiger partial charge in [0.25, 0.3) is 0 Å². The zero-order chi connectivity index (χ0) is 21.5. The fourth-order valence-electron chi connectivity index (χ4n) is 3.32. The second-order valence-corrected chi connectivity index (χ2v) is 7.08. The van der Waals surface area contributed by atoms with Gasteiger partial charge in [-0.05, 0) is 37.0 Å². The molecule has 4 heterocycles. The summed E-state index contributed by atoms with van der Waals surface area (Å²) in [5, 5.41) is 0. The van der Waals surface area contributed by atoms with E-state index >= 15 is 0 Å². The van der Waals surface area contributed by atoms with Crippen LogP contribution in [-0.4, -0.2) is 50.6 Å². The Labute approximate surface area is 179 Å². The van der Waals surface area contributed by atoms with Gasteiger partial charge < -0.3 is 25.1 Å². The Morgan fingerprint density at radius 1 is 1.06 bits per heavy atom. The number of amides is 1. The number of anilines is 1. The number of carbonyl (C=O) groups is 1. The first-order valence-electron chi connectivity index (χ1n) is 10.1. The number of ether oxygens (including phenoxy) is 2. The first-order chi connectivity index (χ1) is 15.2. The minimum atomic E-state index is 0.102. The first-order valence-corrected chi connectivity index (χ1v) is 10.1. The van der Waals surface area contributed by atoms with E-state index in [-0.39, 0.29) is 12.7 Å². The third-order valence-corrected chi connectivity index (χ3v) is 4.96. The number of aromatic nitrogens is 4. The van der Waals surface area contributed by atoms with Gasteiger partial charge in [-0.15, -0.1) is 0 Å². The summed E-state index contributed by atoms with van der Waals surface area (Å²) in [5.74, 6) is 2.08. The number of aromatic amines is 1. The second-order valence-electron chi connectivity index (χ2n) is 7.08. The summed E-state index contributed by atoms with van der Waals surface area (Å²) in [6.07, 6.45) is 13.6. The highest BCUT2D eigenvalue weighted by Crippen LogP contribution is 2.32. The topological polar surface area (TPSA) is 119 Å². The van der Waals surface area contributed by atoms with Crippen molar-refractivity contribution in [2.75, 3.05) is 25.6 Å². The molecule has 0 unspecified atom stereocenters. The molecule has 160 valence electrons. The Kier molecular flexibility index (Phi) is 6.41. The molecule has 31 heavy (non-hydrogen) atoms. The quantitative estimate of drug-likeness (QED) is 0.494. The third-order valence-electron chi connectivity index (χ3n) is 4.96. The van der Waals surface area contributed by atoms with Crippen LogP contribution in [-0.2, 0) is 4.79 Å². The monoisotopic (exact) mass is 420 g/mol. The van der Waals surface area contributed by atoms with E-state index in [4.69, 9.17) is 15.2 Å². The fourth-order valence-corrected chi connectivity index (χ4v) is 3.32. The molecule has 0 bridgehead atoms. The molecule has 2 aliphatic heterocycles. The summed E-state index contributed by atoms with van der Waals surface area (Å²) in [4.78, 5) is 28.2. The SMILES string of the molecule is Nc1ncnc2nc[nH]c12.O=C(C=CC=Cc1ccc2c(c1)OCO2)N1CCCCC1. The van der Waals surface area contributed by atoms with Crippen molar-refractivity contribution < 1.29 is 14.3 Å². The maximum atomic E-state index is 11.9. The van der Waals surface area contributed by atoms with Crippen LogP contribution in [0.3, 0.4) is 0 Å². The highest BCUT2D eigenvalue weighted by Gasteiger charge is 2.13. The summed E-state index contributed by atoms with van der Waals surface area (Å²) in [6.45, 7) is 2.05. The largest absolute Gasteiger partial charge is 0.454 e. The maximum absolute atomic E-state index is 11.9. The molecule has 1 saturated heterocycles. The minimum Gasteiger partial charge on any atom is -0.454 e. The first kappa shape index (κ1) is 20.4. The molecule has 0 radical (unpaired) electrons.